The molecule has 0 atom stereocenters. The van der Waals surface area contributed by atoms with Crippen LogP contribution in [-0.4, -0.2) is 42.5 Å². The molecule has 1 heterocycles. The first-order chi connectivity index (χ1) is 9.49. The number of nitrogens with one attached hydrogen (secondary N) is 1. The molecule has 1 aliphatic heterocycles. The molecule has 106 valence electrons. The van der Waals surface area contributed by atoms with Crippen molar-refractivity contribution in [2.45, 2.75) is 0 Å². The first-order valence-electron chi connectivity index (χ1n) is 5.69. The topological polar surface area (TPSA) is 75.7 Å². The third-order valence-electron chi connectivity index (χ3n) is 2.64. The number of urea groups is 1. The number of esters is 1. The molecular formula is C12H10F2N2O4. The van der Waals surface area contributed by atoms with Crippen LogP contribution in [0, 0.1) is 11.6 Å². The minimum Gasteiger partial charge on any atom is -0.452 e. The molecule has 8 heteroatoms. The first-order valence-corrected chi connectivity index (χ1v) is 5.69. The number of halogens is 2. The zero-order chi connectivity index (χ0) is 14.7. The standard InChI is InChI=1S/C12H10F2N2O4/c13-7-1-2-8(9(14)5-7)11(18)20-6-10(17)16-4-3-15-12(16)19/h1-2,5H,3-4,6H2,(H,15,19). The Balaban J connectivity index is 1.95. The van der Waals surface area contributed by atoms with Gasteiger partial charge < -0.3 is 10.1 Å². The summed E-state index contributed by atoms with van der Waals surface area (Å²) in [6, 6.07) is 1.78. The molecule has 0 spiro atoms. The molecule has 1 saturated heterocycles. The highest BCUT2D eigenvalue weighted by molar-refractivity contribution is 5.98. The molecule has 1 aliphatic rings. The lowest BCUT2D eigenvalue weighted by molar-refractivity contribution is -0.130. The molecule has 6 nitrogen and oxygen atoms in total. The van der Waals surface area contributed by atoms with Crippen LogP contribution in [0.4, 0.5) is 13.6 Å². The maximum atomic E-state index is 13.3. The number of benzene rings is 1. The summed E-state index contributed by atoms with van der Waals surface area (Å²) in [5.74, 6) is -3.73. The molecule has 1 N–H and O–H groups in total. The summed E-state index contributed by atoms with van der Waals surface area (Å²) in [6.45, 7) is -0.186. The Morgan fingerprint density at radius 3 is 2.70 bits per heavy atom. The highest BCUT2D eigenvalue weighted by atomic mass is 19.1. The van der Waals surface area contributed by atoms with Gasteiger partial charge in [-0.1, -0.05) is 0 Å². The summed E-state index contributed by atoms with van der Waals surface area (Å²) in [6.07, 6.45) is 0. The van der Waals surface area contributed by atoms with Crippen LogP contribution < -0.4 is 5.32 Å². The summed E-state index contributed by atoms with van der Waals surface area (Å²) < 4.78 is 30.6. The van der Waals surface area contributed by atoms with Crippen LogP contribution in [0.2, 0.25) is 0 Å². The molecular weight excluding hydrogens is 274 g/mol. The molecule has 2 rings (SSSR count). The van der Waals surface area contributed by atoms with E-state index in [1.165, 1.54) is 0 Å². The summed E-state index contributed by atoms with van der Waals surface area (Å²) in [4.78, 5) is 35.1. The smallest absolute Gasteiger partial charge is 0.341 e. The van der Waals surface area contributed by atoms with Crippen molar-refractivity contribution in [3.05, 3.63) is 35.4 Å². The quantitative estimate of drug-likeness (QED) is 0.828. The van der Waals surface area contributed by atoms with E-state index < -0.39 is 41.7 Å². The van der Waals surface area contributed by atoms with E-state index in [0.717, 1.165) is 17.0 Å². The molecule has 20 heavy (non-hydrogen) atoms. The van der Waals surface area contributed by atoms with Gasteiger partial charge in [0.1, 0.15) is 11.6 Å². The van der Waals surface area contributed by atoms with E-state index in [4.69, 9.17) is 0 Å². The fourth-order valence-electron chi connectivity index (χ4n) is 1.65. The van der Waals surface area contributed by atoms with Crippen LogP contribution in [0.15, 0.2) is 18.2 Å². The van der Waals surface area contributed by atoms with Crippen molar-refractivity contribution in [3.8, 4) is 0 Å². The Labute approximate surface area is 112 Å². The Morgan fingerprint density at radius 2 is 2.10 bits per heavy atom. The van der Waals surface area contributed by atoms with Gasteiger partial charge in [0.15, 0.2) is 6.61 Å². The highest BCUT2D eigenvalue weighted by Gasteiger charge is 2.27. The van der Waals surface area contributed by atoms with Crippen molar-refractivity contribution >= 4 is 17.9 Å². The molecule has 3 amide bonds. The second kappa shape index (κ2) is 5.64. The van der Waals surface area contributed by atoms with Gasteiger partial charge in [-0.15, -0.1) is 0 Å². The summed E-state index contributed by atoms with van der Waals surface area (Å²) in [5, 5.41) is 2.41. The molecule has 0 bridgehead atoms. The van der Waals surface area contributed by atoms with Gasteiger partial charge in [0.2, 0.25) is 0 Å². The number of imide groups is 1. The van der Waals surface area contributed by atoms with Crippen LogP contribution in [0.3, 0.4) is 0 Å². The van der Waals surface area contributed by atoms with Crippen molar-refractivity contribution in [3.63, 3.8) is 0 Å². The molecule has 0 aromatic heterocycles. The van der Waals surface area contributed by atoms with E-state index in [1.807, 2.05) is 0 Å². The van der Waals surface area contributed by atoms with Gasteiger partial charge >= 0.3 is 12.0 Å². The number of hydrogen-bond acceptors (Lipinski definition) is 4. The second-order valence-corrected chi connectivity index (χ2v) is 3.98. The van der Waals surface area contributed by atoms with Gasteiger partial charge in [-0.05, 0) is 12.1 Å². The average molecular weight is 284 g/mol. The number of amides is 3. The number of carbonyl (C=O) groups is 3. The van der Waals surface area contributed by atoms with Gasteiger partial charge in [-0.25, -0.2) is 18.4 Å². The van der Waals surface area contributed by atoms with E-state index in [0.29, 0.717) is 12.6 Å². The fourth-order valence-corrected chi connectivity index (χ4v) is 1.65. The second-order valence-electron chi connectivity index (χ2n) is 3.98. The summed E-state index contributed by atoms with van der Waals surface area (Å²) in [5.41, 5.74) is -0.481. The third kappa shape index (κ3) is 2.90. The molecule has 1 aromatic rings. The van der Waals surface area contributed by atoms with Crippen molar-refractivity contribution in [1.82, 2.24) is 10.2 Å². The normalized spacial score (nSPS) is 14.1. The van der Waals surface area contributed by atoms with Crippen molar-refractivity contribution < 1.29 is 27.9 Å². The Hall–Kier alpha value is -2.51. The summed E-state index contributed by atoms with van der Waals surface area (Å²) in [7, 11) is 0. The zero-order valence-corrected chi connectivity index (χ0v) is 10.2. The zero-order valence-electron chi connectivity index (χ0n) is 10.2. The number of carbonyl (C=O) groups excluding carboxylic acids is 3. The van der Waals surface area contributed by atoms with Crippen LogP contribution in [0.1, 0.15) is 10.4 Å². The number of ether oxygens (including phenoxy) is 1. The highest BCUT2D eigenvalue weighted by Crippen LogP contribution is 2.11. The van der Waals surface area contributed by atoms with E-state index in [1.54, 1.807) is 0 Å². The van der Waals surface area contributed by atoms with Gasteiger partial charge in [0.05, 0.1) is 5.56 Å². The van der Waals surface area contributed by atoms with E-state index >= 15 is 0 Å². The predicted octanol–water partition coefficient (Wildman–Crippen LogP) is 0.673. The first kappa shape index (κ1) is 13.9. The molecule has 1 fully saturated rings. The number of hydrogen-bond donors (Lipinski definition) is 1. The number of rotatable bonds is 3. The van der Waals surface area contributed by atoms with E-state index in [9.17, 15) is 23.2 Å². The lowest BCUT2D eigenvalue weighted by Crippen LogP contribution is -2.37. The van der Waals surface area contributed by atoms with Crippen molar-refractivity contribution in [2.24, 2.45) is 0 Å². The molecule has 0 saturated carbocycles. The Bertz CT molecular complexity index is 577. The fraction of sp³-hybridized carbons (Fsp3) is 0.250. The molecule has 0 radical (unpaired) electrons. The monoisotopic (exact) mass is 284 g/mol. The van der Waals surface area contributed by atoms with Crippen LogP contribution in [0.5, 0.6) is 0 Å². The van der Waals surface area contributed by atoms with Crippen molar-refractivity contribution in [1.29, 1.82) is 0 Å². The van der Waals surface area contributed by atoms with Crippen LogP contribution in [0.25, 0.3) is 0 Å². The predicted molar refractivity (Wildman–Crippen MR) is 61.8 cm³/mol. The molecule has 0 unspecified atom stereocenters. The number of nitrogens with zero attached hydrogens (tertiary/aromatic N) is 1. The van der Waals surface area contributed by atoms with Crippen LogP contribution in [-0.2, 0) is 9.53 Å². The Kier molecular flexibility index (Phi) is 3.92. The Morgan fingerprint density at radius 1 is 1.35 bits per heavy atom. The van der Waals surface area contributed by atoms with Gasteiger partial charge in [0, 0.05) is 19.2 Å². The third-order valence-corrected chi connectivity index (χ3v) is 2.64. The largest absolute Gasteiger partial charge is 0.452 e. The van der Waals surface area contributed by atoms with Crippen molar-refractivity contribution in [2.75, 3.05) is 19.7 Å². The maximum Gasteiger partial charge on any atom is 0.341 e. The van der Waals surface area contributed by atoms with Gasteiger partial charge in [-0.2, -0.15) is 0 Å². The van der Waals surface area contributed by atoms with Crippen LogP contribution >= 0.6 is 0 Å². The SMILES string of the molecule is O=C(OCC(=O)N1CCNC1=O)c1ccc(F)cc1F. The molecule has 0 aliphatic carbocycles. The van der Waals surface area contributed by atoms with E-state index in [-0.39, 0.29) is 6.54 Å². The minimum absolute atomic E-state index is 0.181. The summed E-state index contributed by atoms with van der Waals surface area (Å²) >= 11 is 0. The van der Waals surface area contributed by atoms with Gasteiger partial charge in [-0.3, -0.25) is 9.69 Å². The minimum atomic E-state index is -1.10. The maximum absolute atomic E-state index is 13.3. The lowest BCUT2D eigenvalue weighted by Gasteiger charge is -2.12. The average Bonchev–Trinajstić information content (AvgIpc) is 2.82. The van der Waals surface area contributed by atoms with E-state index in [2.05, 4.69) is 10.1 Å². The van der Waals surface area contributed by atoms with Gasteiger partial charge in [0.25, 0.3) is 5.91 Å². The molecule has 1 aromatic carbocycles. The lowest BCUT2D eigenvalue weighted by atomic mass is 10.2.